The molecule has 0 aliphatic heterocycles. The number of tetrazole rings is 1. The van der Waals surface area contributed by atoms with Gasteiger partial charge in [-0.15, -0.1) is 5.10 Å². The average molecular weight is 476 g/mol. The average Bonchev–Trinajstić information content (AvgIpc) is 3.21. The third-order valence-corrected chi connectivity index (χ3v) is 5.43. The third kappa shape index (κ3) is 5.81. The summed E-state index contributed by atoms with van der Waals surface area (Å²) >= 11 is 5.16. The molecule has 0 aliphatic carbocycles. The van der Waals surface area contributed by atoms with Gasteiger partial charge in [-0.25, -0.2) is 0 Å². The van der Waals surface area contributed by atoms with Crippen LogP contribution in [0.3, 0.4) is 0 Å². The first-order valence-corrected chi connectivity index (χ1v) is 10.8. The highest BCUT2D eigenvalue weighted by atomic mass is 79.9. The van der Waals surface area contributed by atoms with Crippen molar-refractivity contribution in [2.24, 2.45) is 0 Å². The van der Waals surface area contributed by atoms with Crippen LogP contribution in [-0.2, 0) is 6.54 Å². The minimum atomic E-state index is 0.423. The number of para-hydroxylation sites is 1. The monoisotopic (exact) mass is 475 g/mol. The van der Waals surface area contributed by atoms with E-state index in [1.165, 1.54) is 0 Å². The number of nitrogens with one attached hydrogen (secondary N) is 1. The predicted molar refractivity (Wildman–Crippen MR) is 118 cm³/mol. The summed E-state index contributed by atoms with van der Waals surface area (Å²) in [6, 6.07) is 13.9. The first kappa shape index (κ1) is 21.4. The number of benzene rings is 2. The molecule has 0 fully saturated rings. The molecule has 3 rings (SSSR count). The molecule has 0 unspecified atom stereocenters. The van der Waals surface area contributed by atoms with E-state index >= 15 is 0 Å². The Hall–Kier alpha value is -2.36. The summed E-state index contributed by atoms with van der Waals surface area (Å²) in [6.45, 7) is 5.61. The summed E-state index contributed by atoms with van der Waals surface area (Å²) in [5.41, 5.74) is 2.04. The van der Waals surface area contributed by atoms with Gasteiger partial charge in [0.15, 0.2) is 11.5 Å². The fourth-order valence-electron chi connectivity index (χ4n) is 2.61. The van der Waals surface area contributed by atoms with E-state index in [0.717, 1.165) is 33.2 Å². The molecule has 0 saturated heterocycles. The number of rotatable bonds is 11. The highest BCUT2D eigenvalue weighted by Gasteiger charge is 2.12. The topological polar surface area (TPSA) is 74.1 Å². The lowest BCUT2D eigenvalue weighted by molar-refractivity contribution is 0.324. The van der Waals surface area contributed by atoms with Crippen LogP contribution in [0, 0.1) is 0 Å². The van der Waals surface area contributed by atoms with Crippen LogP contribution in [0.2, 0.25) is 0 Å². The molecule has 0 radical (unpaired) electrons. The molecule has 3 aromatic rings. The van der Waals surface area contributed by atoms with Crippen molar-refractivity contribution in [3.05, 3.63) is 65.2 Å². The van der Waals surface area contributed by atoms with Crippen molar-refractivity contribution in [2.45, 2.75) is 11.7 Å². The Morgan fingerprint density at radius 1 is 1.28 bits per heavy atom. The number of hydrogen-bond acceptors (Lipinski definition) is 7. The molecule has 7 nitrogen and oxygen atoms in total. The number of hydrogen-bond donors (Lipinski definition) is 1. The zero-order chi connectivity index (χ0) is 20.5. The normalized spacial score (nSPS) is 10.7. The number of aromatic nitrogens is 4. The Kier molecular flexibility index (Phi) is 8.09. The van der Waals surface area contributed by atoms with E-state index in [1.807, 2.05) is 42.5 Å². The van der Waals surface area contributed by atoms with Crippen molar-refractivity contribution in [1.82, 2.24) is 25.5 Å². The van der Waals surface area contributed by atoms with E-state index in [0.29, 0.717) is 24.7 Å². The molecular formula is C20H22BrN5O2S. The maximum atomic E-state index is 5.66. The lowest BCUT2D eigenvalue weighted by Gasteiger charge is -2.14. The van der Waals surface area contributed by atoms with Crippen LogP contribution in [0.1, 0.15) is 5.56 Å². The van der Waals surface area contributed by atoms with Crippen molar-refractivity contribution in [1.29, 1.82) is 0 Å². The first-order chi connectivity index (χ1) is 14.2. The maximum Gasteiger partial charge on any atom is 0.214 e. The van der Waals surface area contributed by atoms with E-state index in [9.17, 15) is 0 Å². The van der Waals surface area contributed by atoms with E-state index in [-0.39, 0.29) is 0 Å². The van der Waals surface area contributed by atoms with Gasteiger partial charge in [-0.3, -0.25) is 0 Å². The highest BCUT2D eigenvalue weighted by molar-refractivity contribution is 9.10. The molecule has 0 bridgehead atoms. The molecule has 0 atom stereocenters. The second-order valence-corrected chi connectivity index (χ2v) is 7.86. The highest BCUT2D eigenvalue weighted by Crippen LogP contribution is 2.36. The van der Waals surface area contributed by atoms with Gasteiger partial charge in [0, 0.05) is 18.8 Å². The second-order valence-electron chi connectivity index (χ2n) is 5.94. The molecule has 2 aromatic carbocycles. The Labute approximate surface area is 182 Å². The van der Waals surface area contributed by atoms with Gasteiger partial charge >= 0.3 is 0 Å². The van der Waals surface area contributed by atoms with Gasteiger partial charge in [0.2, 0.25) is 5.16 Å². The fourth-order valence-corrected chi connectivity index (χ4v) is 4.00. The number of methoxy groups -OCH3 is 1. The molecule has 1 N–H and O–H groups in total. The van der Waals surface area contributed by atoms with Crippen molar-refractivity contribution in [2.75, 3.05) is 26.0 Å². The Morgan fingerprint density at radius 2 is 2.10 bits per heavy atom. The molecule has 9 heteroatoms. The molecule has 0 amide bonds. The number of ether oxygens (including phenoxy) is 2. The van der Waals surface area contributed by atoms with Gasteiger partial charge in [0.05, 0.1) is 17.3 Å². The molecular weight excluding hydrogens is 454 g/mol. The lowest BCUT2D eigenvalue weighted by atomic mass is 10.2. The van der Waals surface area contributed by atoms with Crippen LogP contribution in [0.25, 0.3) is 5.69 Å². The summed E-state index contributed by atoms with van der Waals surface area (Å²) in [6.07, 6.45) is 1.70. The molecule has 0 aliphatic rings. The van der Waals surface area contributed by atoms with Crippen molar-refractivity contribution in [3.63, 3.8) is 0 Å². The number of nitrogens with zero attached hydrogens (tertiary/aromatic N) is 4. The molecule has 29 heavy (non-hydrogen) atoms. The van der Waals surface area contributed by atoms with Crippen LogP contribution < -0.4 is 14.8 Å². The number of thioether (sulfide) groups is 1. The minimum Gasteiger partial charge on any atom is -0.493 e. The SMILES string of the molecule is C=CCOc1c(Br)cc(CNCCSc2nnnn2-c2ccccc2)cc1OC. The summed E-state index contributed by atoms with van der Waals surface area (Å²) in [4.78, 5) is 0. The largest absolute Gasteiger partial charge is 0.493 e. The summed E-state index contributed by atoms with van der Waals surface area (Å²) < 4.78 is 13.7. The quantitative estimate of drug-likeness (QED) is 0.256. The summed E-state index contributed by atoms with van der Waals surface area (Å²) in [5.74, 6) is 2.21. The van der Waals surface area contributed by atoms with Crippen LogP contribution in [0.5, 0.6) is 11.5 Å². The summed E-state index contributed by atoms with van der Waals surface area (Å²) in [7, 11) is 1.63. The Morgan fingerprint density at radius 3 is 2.86 bits per heavy atom. The van der Waals surface area contributed by atoms with Crippen molar-refractivity contribution < 1.29 is 9.47 Å². The Bertz CT molecular complexity index is 936. The summed E-state index contributed by atoms with van der Waals surface area (Å²) in [5, 5.41) is 16.2. The van der Waals surface area contributed by atoms with Gasteiger partial charge in [0.1, 0.15) is 6.61 Å². The van der Waals surface area contributed by atoms with E-state index in [4.69, 9.17) is 9.47 Å². The molecule has 1 heterocycles. The van der Waals surface area contributed by atoms with Gasteiger partial charge in [-0.2, -0.15) is 4.68 Å². The second kappa shape index (κ2) is 11.0. The van der Waals surface area contributed by atoms with E-state index in [1.54, 1.807) is 29.6 Å². The maximum absolute atomic E-state index is 5.66. The van der Waals surface area contributed by atoms with Crippen LogP contribution in [-0.4, -0.2) is 46.2 Å². The third-order valence-electron chi connectivity index (χ3n) is 3.92. The standard InChI is InChI=1S/C20H22BrN5O2S/c1-3-10-28-19-17(21)12-15(13-18(19)27-2)14-22-9-11-29-20-23-24-25-26(20)16-7-5-4-6-8-16/h3-8,12-13,22H,1,9-11,14H2,2H3. The van der Waals surface area contributed by atoms with Gasteiger partial charge in [0.25, 0.3) is 0 Å². The predicted octanol–water partition coefficient (Wildman–Crippen LogP) is 3.88. The lowest BCUT2D eigenvalue weighted by Crippen LogP contribution is -2.17. The Balaban J connectivity index is 1.51. The zero-order valence-corrected chi connectivity index (χ0v) is 18.4. The van der Waals surface area contributed by atoms with Gasteiger partial charge in [-0.1, -0.05) is 42.6 Å². The van der Waals surface area contributed by atoms with E-state index < -0.39 is 0 Å². The fraction of sp³-hybridized carbons (Fsp3) is 0.250. The molecule has 152 valence electrons. The molecule has 0 spiro atoms. The van der Waals surface area contributed by atoms with Gasteiger partial charge in [-0.05, 0) is 56.2 Å². The molecule has 0 saturated carbocycles. The van der Waals surface area contributed by atoms with Crippen LogP contribution in [0.15, 0.2) is 64.7 Å². The van der Waals surface area contributed by atoms with Gasteiger partial charge < -0.3 is 14.8 Å². The van der Waals surface area contributed by atoms with Crippen LogP contribution >= 0.6 is 27.7 Å². The zero-order valence-electron chi connectivity index (χ0n) is 16.0. The van der Waals surface area contributed by atoms with E-state index in [2.05, 4.69) is 43.4 Å². The molecule has 1 aromatic heterocycles. The van der Waals surface area contributed by atoms with Crippen LogP contribution in [0.4, 0.5) is 0 Å². The van der Waals surface area contributed by atoms with Crippen molar-refractivity contribution in [3.8, 4) is 17.2 Å². The number of halogens is 1. The first-order valence-electron chi connectivity index (χ1n) is 9.00. The smallest absolute Gasteiger partial charge is 0.214 e. The van der Waals surface area contributed by atoms with Crippen molar-refractivity contribution >= 4 is 27.7 Å². The minimum absolute atomic E-state index is 0.423.